The predicted molar refractivity (Wildman–Crippen MR) is 110 cm³/mol. The average molecular weight is 471 g/mol. The highest BCUT2D eigenvalue weighted by Crippen LogP contribution is 2.29. The van der Waals surface area contributed by atoms with Crippen LogP contribution in [0.1, 0.15) is 12.5 Å². The van der Waals surface area contributed by atoms with Crippen LogP contribution < -0.4 is 10.1 Å². The third-order valence-corrected chi connectivity index (χ3v) is 5.97. The maximum atomic E-state index is 13.7. The molecule has 28 heavy (non-hydrogen) atoms. The van der Waals surface area contributed by atoms with Gasteiger partial charge in [-0.15, -0.1) is 0 Å². The lowest BCUT2D eigenvalue weighted by molar-refractivity contribution is -0.111. The SMILES string of the molecule is CCOc1ccc(NC(=O)/C=C/c2cc(Br)ccc2F)cc1S(=O)(=O)N(C)C. The first-order valence-corrected chi connectivity index (χ1v) is 10.5. The van der Waals surface area contributed by atoms with Crippen molar-refractivity contribution in [2.75, 3.05) is 26.0 Å². The summed E-state index contributed by atoms with van der Waals surface area (Å²) in [6, 6.07) is 8.72. The first-order chi connectivity index (χ1) is 13.1. The van der Waals surface area contributed by atoms with Crippen LogP contribution in [0, 0.1) is 5.82 Å². The number of hydrogen-bond acceptors (Lipinski definition) is 4. The summed E-state index contributed by atoms with van der Waals surface area (Å²) in [6.07, 6.45) is 2.50. The van der Waals surface area contributed by atoms with Crippen molar-refractivity contribution in [3.8, 4) is 5.75 Å². The van der Waals surface area contributed by atoms with E-state index in [-0.39, 0.29) is 21.9 Å². The van der Waals surface area contributed by atoms with Crippen molar-refractivity contribution in [1.29, 1.82) is 0 Å². The van der Waals surface area contributed by atoms with Gasteiger partial charge in [-0.1, -0.05) is 15.9 Å². The van der Waals surface area contributed by atoms with E-state index in [0.717, 1.165) is 4.31 Å². The number of carbonyl (C=O) groups excluding carboxylic acids is 1. The lowest BCUT2D eigenvalue weighted by Crippen LogP contribution is -2.23. The summed E-state index contributed by atoms with van der Waals surface area (Å²) in [5, 5.41) is 2.57. The fraction of sp³-hybridized carbons (Fsp3) is 0.211. The number of nitrogens with zero attached hydrogens (tertiary/aromatic N) is 1. The van der Waals surface area contributed by atoms with E-state index in [9.17, 15) is 17.6 Å². The van der Waals surface area contributed by atoms with Gasteiger partial charge in [-0.3, -0.25) is 4.79 Å². The Hall–Kier alpha value is -2.23. The molecule has 150 valence electrons. The van der Waals surface area contributed by atoms with Crippen LogP contribution in [0.5, 0.6) is 5.75 Å². The predicted octanol–water partition coefficient (Wildman–Crippen LogP) is 3.89. The van der Waals surface area contributed by atoms with E-state index in [1.165, 1.54) is 56.6 Å². The summed E-state index contributed by atoms with van der Waals surface area (Å²) in [7, 11) is -0.953. The van der Waals surface area contributed by atoms with E-state index in [1.807, 2.05) is 0 Å². The molecule has 1 N–H and O–H groups in total. The molecule has 0 unspecified atom stereocenters. The van der Waals surface area contributed by atoms with Gasteiger partial charge < -0.3 is 10.1 Å². The third kappa shape index (κ3) is 5.40. The molecule has 6 nitrogen and oxygen atoms in total. The number of nitrogens with one attached hydrogen (secondary N) is 1. The highest BCUT2D eigenvalue weighted by Gasteiger charge is 2.23. The van der Waals surface area contributed by atoms with Crippen LogP contribution in [-0.2, 0) is 14.8 Å². The topological polar surface area (TPSA) is 75.7 Å². The van der Waals surface area contributed by atoms with E-state index in [1.54, 1.807) is 13.0 Å². The molecule has 0 radical (unpaired) electrons. The Bertz CT molecular complexity index is 1010. The minimum absolute atomic E-state index is 0.0563. The smallest absolute Gasteiger partial charge is 0.248 e. The minimum Gasteiger partial charge on any atom is -0.492 e. The second kappa shape index (κ2) is 9.31. The molecule has 0 aliphatic rings. The quantitative estimate of drug-likeness (QED) is 0.622. The molecule has 0 aliphatic heterocycles. The molecule has 0 fully saturated rings. The maximum Gasteiger partial charge on any atom is 0.248 e. The van der Waals surface area contributed by atoms with Crippen LogP contribution in [-0.4, -0.2) is 39.3 Å². The lowest BCUT2D eigenvalue weighted by atomic mass is 10.2. The summed E-state index contributed by atoms with van der Waals surface area (Å²) in [5.74, 6) is -0.801. The number of ether oxygens (including phenoxy) is 1. The Morgan fingerprint density at radius 1 is 1.25 bits per heavy atom. The molecule has 0 spiro atoms. The van der Waals surface area contributed by atoms with Crippen LogP contribution in [0.2, 0.25) is 0 Å². The zero-order valence-corrected chi connectivity index (χ0v) is 18.0. The molecule has 0 aliphatic carbocycles. The number of halogens is 2. The molecule has 0 atom stereocenters. The Kier molecular flexibility index (Phi) is 7.34. The highest BCUT2D eigenvalue weighted by atomic mass is 79.9. The molecular formula is C19H20BrFN2O4S. The monoisotopic (exact) mass is 470 g/mol. The maximum absolute atomic E-state index is 13.7. The Balaban J connectivity index is 2.27. The second-order valence-corrected chi connectivity index (χ2v) is 8.91. The normalized spacial score (nSPS) is 11.8. The lowest BCUT2D eigenvalue weighted by Gasteiger charge is -2.16. The first kappa shape index (κ1) is 22.1. The molecule has 2 rings (SSSR count). The van der Waals surface area contributed by atoms with Crippen LogP contribution in [0.15, 0.2) is 51.8 Å². The fourth-order valence-electron chi connectivity index (χ4n) is 2.25. The molecule has 1 amide bonds. The highest BCUT2D eigenvalue weighted by molar-refractivity contribution is 9.10. The first-order valence-electron chi connectivity index (χ1n) is 8.28. The number of rotatable bonds is 7. The van der Waals surface area contributed by atoms with Crippen LogP contribution in [0.3, 0.4) is 0 Å². The van der Waals surface area contributed by atoms with Crippen molar-refractivity contribution in [1.82, 2.24) is 4.31 Å². The van der Waals surface area contributed by atoms with Crippen molar-refractivity contribution < 1.29 is 22.3 Å². The number of benzene rings is 2. The van der Waals surface area contributed by atoms with Gasteiger partial charge in [-0.25, -0.2) is 17.1 Å². The Morgan fingerprint density at radius 2 is 1.96 bits per heavy atom. The molecule has 2 aromatic rings. The number of amides is 1. The molecule has 9 heteroatoms. The Labute approximate surface area is 172 Å². The molecule has 0 saturated heterocycles. The number of sulfonamides is 1. The van der Waals surface area contributed by atoms with Gasteiger partial charge >= 0.3 is 0 Å². The van der Waals surface area contributed by atoms with Crippen molar-refractivity contribution >= 4 is 43.6 Å². The minimum atomic E-state index is -3.77. The number of anilines is 1. The van der Waals surface area contributed by atoms with Crippen LogP contribution >= 0.6 is 15.9 Å². The summed E-state index contributed by atoms with van der Waals surface area (Å²) >= 11 is 3.24. The molecule has 2 aromatic carbocycles. The molecule has 0 saturated carbocycles. The summed E-state index contributed by atoms with van der Waals surface area (Å²) in [6.45, 7) is 2.04. The van der Waals surface area contributed by atoms with Gasteiger partial charge in [0, 0.05) is 35.9 Å². The summed E-state index contributed by atoms with van der Waals surface area (Å²) < 4.78 is 45.9. The van der Waals surface area contributed by atoms with Gasteiger partial charge in [-0.2, -0.15) is 0 Å². The molecule has 0 bridgehead atoms. The third-order valence-electron chi connectivity index (χ3n) is 3.64. The van der Waals surface area contributed by atoms with Gasteiger partial charge in [-0.05, 0) is 49.4 Å². The van der Waals surface area contributed by atoms with E-state index < -0.39 is 21.7 Å². The molecule has 0 heterocycles. The van der Waals surface area contributed by atoms with Gasteiger partial charge in [0.25, 0.3) is 0 Å². The van der Waals surface area contributed by atoms with E-state index in [0.29, 0.717) is 11.1 Å². The zero-order valence-electron chi connectivity index (χ0n) is 15.6. The van der Waals surface area contributed by atoms with E-state index in [4.69, 9.17) is 4.74 Å². The Morgan fingerprint density at radius 3 is 2.61 bits per heavy atom. The van der Waals surface area contributed by atoms with Crippen molar-refractivity contribution in [2.24, 2.45) is 0 Å². The summed E-state index contributed by atoms with van der Waals surface area (Å²) in [5.41, 5.74) is 0.514. The van der Waals surface area contributed by atoms with Gasteiger partial charge in [0.15, 0.2) is 0 Å². The second-order valence-electron chi connectivity index (χ2n) is 5.87. The van der Waals surface area contributed by atoms with Crippen molar-refractivity contribution in [3.05, 3.63) is 58.3 Å². The van der Waals surface area contributed by atoms with Gasteiger partial charge in [0.05, 0.1) is 6.61 Å². The van der Waals surface area contributed by atoms with Gasteiger partial charge in [0.2, 0.25) is 15.9 Å². The van der Waals surface area contributed by atoms with Crippen LogP contribution in [0.4, 0.5) is 10.1 Å². The number of carbonyl (C=O) groups is 1. The number of hydrogen-bond donors (Lipinski definition) is 1. The van der Waals surface area contributed by atoms with Gasteiger partial charge in [0.1, 0.15) is 16.5 Å². The van der Waals surface area contributed by atoms with Crippen molar-refractivity contribution in [3.63, 3.8) is 0 Å². The summed E-state index contributed by atoms with van der Waals surface area (Å²) in [4.78, 5) is 12.1. The molecular weight excluding hydrogens is 451 g/mol. The fourth-order valence-corrected chi connectivity index (χ4v) is 3.68. The zero-order chi connectivity index (χ0) is 20.9. The van der Waals surface area contributed by atoms with E-state index >= 15 is 0 Å². The van der Waals surface area contributed by atoms with Crippen LogP contribution in [0.25, 0.3) is 6.08 Å². The van der Waals surface area contributed by atoms with Crippen molar-refractivity contribution in [2.45, 2.75) is 11.8 Å². The standard InChI is InChI=1S/C19H20BrFN2O4S/c1-4-27-17-9-7-15(12-18(17)28(25,26)23(2)3)22-19(24)10-5-13-11-14(20)6-8-16(13)21/h5-12H,4H2,1-3H3,(H,22,24)/b10-5+. The van der Waals surface area contributed by atoms with E-state index in [2.05, 4.69) is 21.2 Å². The average Bonchev–Trinajstić information content (AvgIpc) is 2.63. The largest absolute Gasteiger partial charge is 0.492 e. The molecule has 0 aromatic heterocycles.